The van der Waals surface area contributed by atoms with E-state index >= 15 is 0 Å². The van der Waals surface area contributed by atoms with Crippen LogP contribution in [0.5, 0.6) is 0 Å². The van der Waals surface area contributed by atoms with Crippen LogP contribution in [0.2, 0.25) is 0 Å². The van der Waals surface area contributed by atoms with Crippen molar-refractivity contribution in [3.63, 3.8) is 0 Å². The zero-order valence-corrected chi connectivity index (χ0v) is 12.3. The van der Waals surface area contributed by atoms with Gasteiger partial charge in [-0.1, -0.05) is 41.6 Å². The van der Waals surface area contributed by atoms with E-state index in [1.165, 1.54) is 22.0 Å². The van der Waals surface area contributed by atoms with Crippen molar-refractivity contribution >= 4 is 17.9 Å². The van der Waals surface area contributed by atoms with Gasteiger partial charge in [0.2, 0.25) is 5.16 Å². The van der Waals surface area contributed by atoms with E-state index in [-0.39, 0.29) is 12.2 Å². The molecule has 1 amide bonds. The van der Waals surface area contributed by atoms with E-state index in [1.807, 2.05) is 31.2 Å². The van der Waals surface area contributed by atoms with Crippen LogP contribution in [-0.4, -0.2) is 39.4 Å². The molecule has 7 nitrogen and oxygen atoms in total. The van der Waals surface area contributed by atoms with Crippen LogP contribution in [0.3, 0.4) is 0 Å². The summed E-state index contributed by atoms with van der Waals surface area (Å²) in [5, 5.41) is 11.4. The highest BCUT2D eigenvalue weighted by atomic mass is 32.2. The molecule has 3 rings (SSSR count). The first-order valence-corrected chi connectivity index (χ1v) is 7.47. The van der Waals surface area contributed by atoms with Crippen LogP contribution in [0.25, 0.3) is 11.4 Å². The lowest BCUT2D eigenvalue weighted by Crippen LogP contribution is -2.18. The molecule has 1 saturated heterocycles. The topological polar surface area (TPSA) is 95.1 Å². The second-order valence-electron chi connectivity index (χ2n) is 4.76. The summed E-state index contributed by atoms with van der Waals surface area (Å²) in [6.07, 6.45) is -0.544. The van der Waals surface area contributed by atoms with Crippen LogP contribution < -0.4 is 11.2 Å². The molecule has 1 aliphatic heterocycles. The number of nitrogens with zero attached hydrogens (tertiary/aromatic N) is 3. The summed E-state index contributed by atoms with van der Waals surface area (Å²) in [7, 11) is 0. The summed E-state index contributed by atoms with van der Waals surface area (Å²) >= 11 is 1.41. The lowest BCUT2D eigenvalue weighted by molar-refractivity contribution is 0.150. The summed E-state index contributed by atoms with van der Waals surface area (Å²) in [5.74, 6) is 7.23. The van der Waals surface area contributed by atoms with E-state index in [0.29, 0.717) is 23.3 Å². The normalized spacial score (nSPS) is 17.6. The molecular formula is C13H15N5O2S. The number of amides is 1. The lowest BCUT2D eigenvalue weighted by Gasteiger charge is -2.07. The minimum atomic E-state index is -0.379. The number of ether oxygens (including phenoxy) is 1. The zero-order chi connectivity index (χ0) is 14.8. The third kappa shape index (κ3) is 2.94. The maximum absolute atomic E-state index is 10.9. The van der Waals surface area contributed by atoms with Gasteiger partial charge in [-0.3, -0.25) is 0 Å². The monoisotopic (exact) mass is 305 g/mol. The van der Waals surface area contributed by atoms with E-state index in [4.69, 9.17) is 10.6 Å². The van der Waals surface area contributed by atoms with Crippen molar-refractivity contribution in [1.82, 2.24) is 20.2 Å². The molecule has 3 N–H and O–H groups in total. The number of nitrogens with one attached hydrogen (secondary N) is 1. The third-order valence-corrected chi connectivity index (χ3v) is 4.20. The highest BCUT2D eigenvalue weighted by Crippen LogP contribution is 2.23. The minimum Gasteiger partial charge on any atom is -0.443 e. The zero-order valence-electron chi connectivity index (χ0n) is 11.4. The number of thioether (sulfide) groups is 1. The molecule has 1 atom stereocenters. The van der Waals surface area contributed by atoms with E-state index in [2.05, 4.69) is 15.5 Å². The SMILES string of the molecule is Cc1ccc(-c2nnc(SC[C@@H]3CNC(=O)O3)n2N)cc1. The molecule has 0 aliphatic carbocycles. The Kier molecular flexibility index (Phi) is 3.70. The van der Waals surface area contributed by atoms with E-state index in [1.54, 1.807) is 0 Å². The van der Waals surface area contributed by atoms with Gasteiger partial charge >= 0.3 is 6.09 Å². The number of carbonyl (C=O) groups excluding carboxylic acids is 1. The Balaban J connectivity index is 1.70. The van der Waals surface area contributed by atoms with Gasteiger partial charge < -0.3 is 15.9 Å². The number of hydrogen-bond acceptors (Lipinski definition) is 6. The van der Waals surface area contributed by atoms with Gasteiger partial charge in [0, 0.05) is 11.3 Å². The average molecular weight is 305 g/mol. The number of hydrogen-bond donors (Lipinski definition) is 2. The number of rotatable bonds is 4. The molecular weight excluding hydrogens is 290 g/mol. The summed E-state index contributed by atoms with van der Waals surface area (Å²) in [4.78, 5) is 10.9. The Bertz CT molecular complexity index is 655. The van der Waals surface area contributed by atoms with Crippen LogP contribution in [0.1, 0.15) is 5.56 Å². The lowest BCUT2D eigenvalue weighted by atomic mass is 10.1. The van der Waals surface area contributed by atoms with Crippen molar-refractivity contribution in [2.75, 3.05) is 18.1 Å². The number of nitrogens with two attached hydrogens (primary N) is 1. The average Bonchev–Trinajstić information content (AvgIpc) is 3.04. The molecule has 21 heavy (non-hydrogen) atoms. The van der Waals surface area contributed by atoms with Gasteiger partial charge in [-0.25, -0.2) is 9.47 Å². The minimum absolute atomic E-state index is 0.165. The summed E-state index contributed by atoms with van der Waals surface area (Å²) in [6.45, 7) is 2.53. The van der Waals surface area contributed by atoms with E-state index < -0.39 is 0 Å². The molecule has 1 fully saturated rings. The molecule has 0 saturated carbocycles. The van der Waals surface area contributed by atoms with Gasteiger partial charge in [-0.15, -0.1) is 10.2 Å². The first-order chi connectivity index (χ1) is 10.1. The van der Waals surface area contributed by atoms with Gasteiger partial charge in [-0.05, 0) is 6.92 Å². The molecule has 0 bridgehead atoms. The highest BCUT2D eigenvalue weighted by molar-refractivity contribution is 7.99. The van der Waals surface area contributed by atoms with Gasteiger partial charge in [0.1, 0.15) is 6.10 Å². The van der Waals surface area contributed by atoms with Crippen molar-refractivity contribution in [3.8, 4) is 11.4 Å². The van der Waals surface area contributed by atoms with Crippen molar-refractivity contribution in [2.45, 2.75) is 18.2 Å². The van der Waals surface area contributed by atoms with Crippen LogP contribution in [-0.2, 0) is 4.74 Å². The van der Waals surface area contributed by atoms with E-state index in [9.17, 15) is 4.79 Å². The van der Waals surface area contributed by atoms with Gasteiger partial charge in [-0.2, -0.15) is 0 Å². The number of aromatic nitrogens is 3. The van der Waals surface area contributed by atoms with E-state index in [0.717, 1.165) is 5.56 Å². The fraction of sp³-hybridized carbons (Fsp3) is 0.308. The Morgan fingerprint density at radius 3 is 2.86 bits per heavy atom. The van der Waals surface area contributed by atoms with Crippen LogP contribution in [0, 0.1) is 6.92 Å². The molecule has 2 heterocycles. The predicted octanol–water partition coefficient (Wildman–Crippen LogP) is 1.17. The molecule has 1 aromatic carbocycles. The van der Waals surface area contributed by atoms with Crippen LogP contribution in [0.4, 0.5) is 4.79 Å². The number of carbonyl (C=O) groups is 1. The second kappa shape index (κ2) is 5.65. The Hall–Kier alpha value is -2.22. The molecule has 1 aromatic heterocycles. The molecule has 0 radical (unpaired) electrons. The van der Waals surface area contributed by atoms with Crippen LogP contribution >= 0.6 is 11.8 Å². The first-order valence-electron chi connectivity index (χ1n) is 6.48. The van der Waals surface area contributed by atoms with Gasteiger partial charge in [0.05, 0.1) is 6.54 Å². The summed E-state index contributed by atoms with van der Waals surface area (Å²) < 4.78 is 6.52. The fourth-order valence-electron chi connectivity index (χ4n) is 1.97. The Morgan fingerprint density at radius 2 is 2.19 bits per heavy atom. The maximum atomic E-state index is 10.9. The summed E-state index contributed by atoms with van der Waals surface area (Å²) in [5.41, 5.74) is 2.09. The summed E-state index contributed by atoms with van der Waals surface area (Å²) in [6, 6.07) is 7.92. The number of cyclic esters (lactones) is 1. The molecule has 8 heteroatoms. The first kappa shape index (κ1) is 13.7. The quantitative estimate of drug-likeness (QED) is 0.650. The van der Waals surface area contributed by atoms with Crippen LogP contribution in [0.15, 0.2) is 29.4 Å². The standard InChI is InChI=1S/C13H15N5O2S/c1-8-2-4-9(5-3-8)11-16-17-12(18(11)14)21-7-10-6-15-13(19)20-10/h2-5,10H,6-7,14H2,1H3,(H,15,19)/t10-/m0/s1. The van der Waals surface area contributed by atoms with Crippen molar-refractivity contribution < 1.29 is 9.53 Å². The maximum Gasteiger partial charge on any atom is 0.407 e. The van der Waals surface area contributed by atoms with Crippen molar-refractivity contribution in [2.24, 2.45) is 0 Å². The Labute approximate surface area is 125 Å². The van der Waals surface area contributed by atoms with Crippen molar-refractivity contribution in [1.29, 1.82) is 0 Å². The predicted molar refractivity (Wildman–Crippen MR) is 79.3 cm³/mol. The smallest absolute Gasteiger partial charge is 0.407 e. The molecule has 2 aromatic rings. The Morgan fingerprint density at radius 1 is 1.43 bits per heavy atom. The van der Waals surface area contributed by atoms with Gasteiger partial charge in [0.15, 0.2) is 5.82 Å². The molecule has 1 aliphatic rings. The second-order valence-corrected chi connectivity index (χ2v) is 5.75. The number of benzene rings is 1. The van der Waals surface area contributed by atoms with Gasteiger partial charge in [0.25, 0.3) is 0 Å². The number of aryl methyl sites for hydroxylation is 1. The third-order valence-electron chi connectivity index (χ3n) is 3.12. The fourth-order valence-corrected chi connectivity index (χ4v) is 2.81. The molecule has 110 valence electrons. The number of nitrogen functional groups attached to an aromatic ring is 1. The molecule has 0 unspecified atom stereocenters. The number of alkyl carbamates (subject to hydrolysis) is 1. The molecule has 0 spiro atoms. The highest BCUT2D eigenvalue weighted by Gasteiger charge is 2.23. The van der Waals surface area contributed by atoms with Crippen molar-refractivity contribution in [3.05, 3.63) is 29.8 Å². The largest absolute Gasteiger partial charge is 0.443 e.